The highest BCUT2D eigenvalue weighted by Gasteiger charge is 2.54. The molecule has 0 spiro atoms. The Balaban J connectivity index is 2.56. The average Bonchev–Trinajstić information content (AvgIpc) is 2.64. The van der Waals surface area contributed by atoms with E-state index in [-0.39, 0.29) is 34.8 Å². The number of Topliss-reactive ketones (excluding diaryl/α,β-unsaturated/α-hetero) is 3. The lowest BCUT2D eigenvalue weighted by Crippen LogP contribution is -2.58. The molecular formula is C20H26O8S. The van der Waals surface area contributed by atoms with Gasteiger partial charge in [0.25, 0.3) is 0 Å². The largest absolute Gasteiger partial charge is 0.495 e. The predicted octanol–water partition coefficient (Wildman–Crippen LogP) is 1.15. The zero-order valence-electron chi connectivity index (χ0n) is 17.1. The number of aliphatic hydroxyl groups excluding tert-OH is 1. The molecule has 8 nitrogen and oxygen atoms in total. The van der Waals surface area contributed by atoms with Crippen LogP contribution >= 0.6 is 0 Å². The molecular weight excluding hydrogens is 400 g/mol. The van der Waals surface area contributed by atoms with Crippen LogP contribution < -0.4 is 4.74 Å². The Morgan fingerprint density at radius 2 is 1.93 bits per heavy atom. The Morgan fingerprint density at radius 1 is 1.31 bits per heavy atom. The van der Waals surface area contributed by atoms with E-state index in [1.165, 1.54) is 33.1 Å². The van der Waals surface area contributed by atoms with Gasteiger partial charge < -0.3 is 14.6 Å². The van der Waals surface area contributed by atoms with Crippen molar-refractivity contribution in [1.82, 2.24) is 0 Å². The summed E-state index contributed by atoms with van der Waals surface area (Å²) in [6.07, 6.45) is 0.843. The van der Waals surface area contributed by atoms with Gasteiger partial charge in [0.2, 0.25) is 0 Å². The van der Waals surface area contributed by atoms with E-state index >= 15 is 0 Å². The maximum absolute atomic E-state index is 13.2. The van der Waals surface area contributed by atoms with Crippen LogP contribution in [0, 0.1) is 18.8 Å². The maximum atomic E-state index is 13.2. The predicted molar refractivity (Wildman–Crippen MR) is 104 cm³/mol. The second-order valence-corrected chi connectivity index (χ2v) is 9.28. The van der Waals surface area contributed by atoms with Crippen LogP contribution in [0.25, 0.3) is 0 Å². The van der Waals surface area contributed by atoms with Gasteiger partial charge >= 0.3 is 0 Å². The zero-order valence-corrected chi connectivity index (χ0v) is 18.0. The third kappa shape index (κ3) is 3.99. The molecule has 1 aromatic rings. The van der Waals surface area contributed by atoms with E-state index in [2.05, 4.69) is 0 Å². The number of hydrogen-bond acceptors (Lipinski definition) is 8. The van der Waals surface area contributed by atoms with Gasteiger partial charge in [-0.3, -0.25) is 14.4 Å². The Morgan fingerprint density at radius 3 is 2.41 bits per heavy atom. The molecule has 3 atom stereocenters. The molecule has 0 heterocycles. The van der Waals surface area contributed by atoms with E-state index in [9.17, 15) is 27.9 Å². The Hall–Kier alpha value is -2.10. The van der Waals surface area contributed by atoms with Crippen molar-refractivity contribution in [3.8, 4) is 5.75 Å². The van der Waals surface area contributed by atoms with Crippen LogP contribution in [0.15, 0.2) is 17.0 Å². The van der Waals surface area contributed by atoms with Crippen LogP contribution in [0.2, 0.25) is 0 Å². The van der Waals surface area contributed by atoms with Gasteiger partial charge in [0.1, 0.15) is 22.2 Å². The van der Waals surface area contributed by atoms with Crippen molar-refractivity contribution >= 4 is 27.2 Å². The van der Waals surface area contributed by atoms with E-state index in [0.717, 1.165) is 6.26 Å². The first-order valence-electron chi connectivity index (χ1n) is 9.17. The first-order valence-corrected chi connectivity index (χ1v) is 11.1. The van der Waals surface area contributed by atoms with Gasteiger partial charge in [-0.25, -0.2) is 8.42 Å². The van der Waals surface area contributed by atoms with Crippen LogP contribution in [0.5, 0.6) is 5.75 Å². The summed E-state index contributed by atoms with van der Waals surface area (Å²) in [7, 11) is -2.33. The summed E-state index contributed by atoms with van der Waals surface area (Å²) < 4.78 is 34.7. The normalized spacial score (nSPS) is 25.2. The molecule has 0 aromatic heterocycles. The summed E-state index contributed by atoms with van der Waals surface area (Å²) in [4.78, 5) is 38.9. The van der Waals surface area contributed by atoms with Crippen molar-refractivity contribution in [2.24, 2.45) is 11.8 Å². The number of methoxy groups -OCH3 is 1. The van der Waals surface area contributed by atoms with Crippen LogP contribution in [0.3, 0.4) is 0 Å². The molecule has 1 fully saturated rings. The van der Waals surface area contributed by atoms with Gasteiger partial charge in [0.15, 0.2) is 27.2 Å². The number of sulfone groups is 1. The third-order valence-electron chi connectivity index (χ3n) is 5.47. The van der Waals surface area contributed by atoms with E-state index in [1.807, 2.05) is 0 Å². The lowest BCUT2D eigenvalue weighted by molar-refractivity contribution is -0.165. The molecule has 0 bridgehead atoms. The molecule has 1 N–H and O–H groups in total. The Bertz CT molecular complexity index is 949. The van der Waals surface area contributed by atoms with Gasteiger partial charge in [-0.1, -0.05) is 0 Å². The molecule has 29 heavy (non-hydrogen) atoms. The minimum atomic E-state index is -3.61. The lowest BCUT2D eigenvalue weighted by atomic mass is 9.68. The highest BCUT2D eigenvalue weighted by molar-refractivity contribution is 7.90. The molecule has 0 radical (unpaired) electrons. The average molecular weight is 426 g/mol. The first-order chi connectivity index (χ1) is 13.4. The standard InChI is InChI=1S/C20H26O8S/c1-6-28-20(3)12(10-21)9-14(22)16(19(20)24)17(23)13-7-8-15(29(5,25)26)18(27-4)11(13)2/h7-8,12,16,21H,6,9-10H2,1-5H3. The molecule has 0 saturated heterocycles. The van der Waals surface area contributed by atoms with Crippen LogP contribution in [0.4, 0.5) is 0 Å². The lowest BCUT2D eigenvalue weighted by Gasteiger charge is -2.40. The number of carbonyl (C=O) groups is 3. The first kappa shape index (κ1) is 23.2. The molecule has 0 amide bonds. The van der Waals surface area contributed by atoms with Crippen molar-refractivity contribution in [2.45, 2.75) is 37.7 Å². The molecule has 0 aliphatic heterocycles. The fourth-order valence-electron chi connectivity index (χ4n) is 3.82. The molecule has 2 rings (SSSR count). The summed E-state index contributed by atoms with van der Waals surface area (Å²) in [5, 5.41) is 9.61. The summed E-state index contributed by atoms with van der Waals surface area (Å²) in [6.45, 7) is 4.40. The van der Waals surface area contributed by atoms with Gasteiger partial charge in [-0.15, -0.1) is 0 Å². The van der Waals surface area contributed by atoms with Crippen LogP contribution in [0.1, 0.15) is 36.2 Å². The van der Waals surface area contributed by atoms with Gasteiger partial charge in [-0.2, -0.15) is 0 Å². The number of hydrogen-bond donors (Lipinski definition) is 1. The smallest absolute Gasteiger partial charge is 0.182 e. The minimum absolute atomic E-state index is 0.00476. The molecule has 1 aliphatic carbocycles. The van der Waals surface area contributed by atoms with E-state index in [0.29, 0.717) is 0 Å². The highest BCUT2D eigenvalue weighted by Crippen LogP contribution is 2.38. The van der Waals surface area contributed by atoms with Gasteiger partial charge in [-0.05, 0) is 32.9 Å². The number of aliphatic hydroxyl groups is 1. The quantitative estimate of drug-likeness (QED) is 0.509. The Kier molecular flexibility index (Phi) is 6.66. The summed E-state index contributed by atoms with van der Waals surface area (Å²) >= 11 is 0. The molecule has 9 heteroatoms. The highest BCUT2D eigenvalue weighted by atomic mass is 32.2. The van der Waals surface area contributed by atoms with Crippen molar-refractivity contribution in [3.05, 3.63) is 23.3 Å². The summed E-state index contributed by atoms with van der Waals surface area (Å²) in [5.74, 6) is -4.36. The van der Waals surface area contributed by atoms with Crippen LogP contribution in [-0.2, 0) is 24.2 Å². The number of ether oxygens (including phenoxy) is 2. The second-order valence-electron chi connectivity index (χ2n) is 7.29. The van der Waals surface area contributed by atoms with Crippen molar-refractivity contribution < 1.29 is 37.4 Å². The SMILES string of the molecule is CCOC1(C)C(=O)C(C(=O)c2ccc(S(C)(=O)=O)c(OC)c2C)C(=O)CC1CO. The molecule has 1 saturated carbocycles. The van der Waals surface area contributed by atoms with Crippen molar-refractivity contribution in [3.63, 3.8) is 0 Å². The number of ketones is 3. The number of rotatable bonds is 7. The Labute approximate surface area is 170 Å². The van der Waals surface area contributed by atoms with Gasteiger partial charge in [0, 0.05) is 42.9 Å². The molecule has 3 unspecified atom stereocenters. The van der Waals surface area contributed by atoms with Crippen LogP contribution in [-0.4, -0.2) is 63.1 Å². The summed E-state index contributed by atoms with van der Waals surface area (Å²) in [5.41, 5.74) is -1.21. The van der Waals surface area contributed by atoms with Gasteiger partial charge in [0.05, 0.1) is 7.11 Å². The molecule has 1 aliphatic rings. The number of carbonyl (C=O) groups excluding carboxylic acids is 3. The second kappa shape index (κ2) is 8.33. The zero-order chi connectivity index (χ0) is 22.1. The molecule has 1 aromatic carbocycles. The minimum Gasteiger partial charge on any atom is -0.495 e. The topological polar surface area (TPSA) is 124 Å². The van der Waals surface area contributed by atoms with Crippen molar-refractivity contribution in [1.29, 1.82) is 0 Å². The fraction of sp³-hybridized carbons (Fsp3) is 0.550. The third-order valence-corrected chi connectivity index (χ3v) is 6.59. The van der Waals surface area contributed by atoms with E-state index in [4.69, 9.17) is 9.47 Å². The van der Waals surface area contributed by atoms with Crippen molar-refractivity contribution in [2.75, 3.05) is 26.6 Å². The monoisotopic (exact) mass is 426 g/mol. The number of benzene rings is 1. The maximum Gasteiger partial charge on any atom is 0.182 e. The van der Waals surface area contributed by atoms with E-state index < -0.39 is 51.2 Å². The summed E-state index contributed by atoms with van der Waals surface area (Å²) in [6, 6.07) is 2.51. The van der Waals surface area contributed by atoms with E-state index in [1.54, 1.807) is 6.92 Å². The fourth-order valence-corrected chi connectivity index (χ4v) is 4.71. The molecule has 160 valence electrons.